The van der Waals surface area contributed by atoms with Crippen LogP contribution in [-0.2, 0) is 14.3 Å². The van der Waals surface area contributed by atoms with Crippen molar-refractivity contribution < 1.29 is 23.2 Å². The Labute approximate surface area is 128 Å². The van der Waals surface area contributed by atoms with Gasteiger partial charge in [0.2, 0.25) is 0 Å². The molecule has 118 valence electrons. The number of amides is 1. The summed E-state index contributed by atoms with van der Waals surface area (Å²) < 4.78 is 15.8. The first-order valence-corrected chi connectivity index (χ1v) is 6.95. The second-order valence-electron chi connectivity index (χ2n) is 5.40. The van der Waals surface area contributed by atoms with Crippen molar-refractivity contribution in [3.63, 3.8) is 0 Å². The maximum Gasteiger partial charge on any atom is 0.303 e. The lowest BCUT2D eigenvalue weighted by Crippen LogP contribution is -2.46. The number of hydrogen-bond donors (Lipinski definition) is 1. The van der Waals surface area contributed by atoms with E-state index < -0.39 is 11.6 Å². The molecule has 0 bridgehead atoms. The van der Waals surface area contributed by atoms with E-state index in [4.69, 9.17) is 13.6 Å². The van der Waals surface area contributed by atoms with Gasteiger partial charge in [-0.05, 0) is 38.1 Å². The van der Waals surface area contributed by atoms with E-state index in [0.717, 1.165) is 0 Å². The van der Waals surface area contributed by atoms with E-state index in [1.807, 2.05) is 12.1 Å². The molecule has 0 spiro atoms. The molecular formula is C16H19NO5. The van der Waals surface area contributed by atoms with Gasteiger partial charge in [0, 0.05) is 13.5 Å². The molecule has 22 heavy (non-hydrogen) atoms. The summed E-state index contributed by atoms with van der Waals surface area (Å²) in [5, 5.41) is 2.77. The zero-order chi connectivity index (χ0) is 16.2. The Morgan fingerprint density at radius 2 is 1.73 bits per heavy atom. The molecule has 0 aliphatic carbocycles. The number of rotatable bonds is 6. The summed E-state index contributed by atoms with van der Waals surface area (Å²) >= 11 is 0. The van der Waals surface area contributed by atoms with Crippen molar-refractivity contribution in [1.82, 2.24) is 5.32 Å². The summed E-state index contributed by atoms with van der Waals surface area (Å²) in [6.45, 7) is 4.62. The van der Waals surface area contributed by atoms with Gasteiger partial charge in [-0.1, -0.05) is 0 Å². The van der Waals surface area contributed by atoms with Gasteiger partial charge in [0.15, 0.2) is 5.60 Å². The number of carbonyl (C=O) groups excluding carboxylic acids is 2. The first-order chi connectivity index (χ1) is 10.4. The van der Waals surface area contributed by atoms with Crippen LogP contribution in [0.25, 0.3) is 0 Å². The van der Waals surface area contributed by atoms with E-state index in [-0.39, 0.29) is 18.4 Å². The molecule has 1 amide bonds. The molecule has 2 rings (SSSR count). The van der Waals surface area contributed by atoms with Crippen molar-refractivity contribution >= 4 is 11.9 Å². The van der Waals surface area contributed by atoms with Gasteiger partial charge < -0.3 is 18.9 Å². The van der Waals surface area contributed by atoms with Gasteiger partial charge in [0.1, 0.15) is 11.5 Å². The number of hydrogen-bond acceptors (Lipinski definition) is 5. The highest BCUT2D eigenvalue weighted by Gasteiger charge is 2.32. The van der Waals surface area contributed by atoms with Crippen molar-refractivity contribution in [3.8, 4) is 0 Å². The Hall–Kier alpha value is -2.50. The highest BCUT2D eigenvalue weighted by molar-refractivity contribution is 5.86. The van der Waals surface area contributed by atoms with Gasteiger partial charge in [-0.2, -0.15) is 0 Å². The zero-order valence-electron chi connectivity index (χ0n) is 12.8. The monoisotopic (exact) mass is 305 g/mol. The standard InChI is InChI=1S/C16H19NO5/c1-11(18)22-16(2,3)15(19)17-10-12(13-6-4-8-20-13)14-7-5-9-21-14/h4-9,12H,10H2,1-3H3,(H,17,19). The van der Waals surface area contributed by atoms with Crippen LogP contribution in [0.4, 0.5) is 0 Å². The molecule has 0 saturated heterocycles. The van der Waals surface area contributed by atoms with E-state index in [2.05, 4.69) is 5.32 Å². The van der Waals surface area contributed by atoms with Gasteiger partial charge in [-0.25, -0.2) is 0 Å². The minimum Gasteiger partial charge on any atom is -0.469 e. The van der Waals surface area contributed by atoms with Crippen LogP contribution in [0.5, 0.6) is 0 Å². The topological polar surface area (TPSA) is 81.7 Å². The molecular weight excluding hydrogens is 286 g/mol. The lowest BCUT2D eigenvalue weighted by atomic mass is 10.0. The highest BCUT2D eigenvalue weighted by atomic mass is 16.6. The Morgan fingerprint density at radius 3 is 2.14 bits per heavy atom. The van der Waals surface area contributed by atoms with E-state index in [0.29, 0.717) is 11.5 Å². The third kappa shape index (κ3) is 3.78. The quantitative estimate of drug-likeness (QED) is 0.829. The Balaban J connectivity index is 2.06. The third-order valence-electron chi connectivity index (χ3n) is 3.19. The number of furan rings is 2. The van der Waals surface area contributed by atoms with Crippen molar-refractivity contribution in [1.29, 1.82) is 0 Å². The fraction of sp³-hybridized carbons (Fsp3) is 0.375. The molecule has 0 aromatic carbocycles. The molecule has 0 saturated carbocycles. The largest absolute Gasteiger partial charge is 0.469 e. The van der Waals surface area contributed by atoms with Crippen LogP contribution in [0.1, 0.15) is 38.2 Å². The average molecular weight is 305 g/mol. The Kier molecular flexibility index (Phi) is 4.70. The first kappa shape index (κ1) is 15.9. The summed E-state index contributed by atoms with van der Waals surface area (Å²) in [7, 11) is 0. The Bertz CT molecular complexity index is 579. The second-order valence-corrected chi connectivity index (χ2v) is 5.40. The predicted molar refractivity (Wildman–Crippen MR) is 78.1 cm³/mol. The summed E-state index contributed by atoms with van der Waals surface area (Å²) in [6, 6.07) is 7.18. The molecule has 0 unspecified atom stereocenters. The van der Waals surface area contributed by atoms with Crippen molar-refractivity contribution in [2.24, 2.45) is 0 Å². The maximum atomic E-state index is 12.2. The van der Waals surface area contributed by atoms with E-state index in [1.165, 1.54) is 6.92 Å². The molecule has 2 aromatic rings. The minimum absolute atomic E-state index is 0.248. The van der Waals surface area contributed by atoms with Crippen LogP contribution in [0, 0.1) is 0 Å². The molecule has 2 heterocycles. The molecule has 6 heteroatoms. The van der Waals surface area contributed by atoms with E-state index >= 15 is 0 Å². The van der Waals surface area contributed by atoms with Crippen LogP contribution in [0.15, 0.2) is 45.6 Å². The van der Waals surface area contributed by atoms with E-state index in [1.54, 1.807) is 38.5 Å². The minimum atomic E-state index is -1.23. The van der Waals surface area contributed by atoms with Gasteiger partial charge in [-0.3, -0.25) is 9.59 Å². The van der Waals surface area contributed by atoms with Crippen LogP contribution < -0.4 is 5.32 Å². The first-order valence-electron chi connectivity index (χ1n) is 6.95. The average Bonchev–Trinajstić information content (AvgIpc) is 3.10. The highest BCUT2D eigenvalue weighted by Crippen LogP contribution is 2.25. The maximum absolute atomic E-state index is 12.2. The molecule has 6 nitrogen and oxygen atoms in total. The van der Waals surface area contributed by atoms with Crippen LogP contribution in [-0.4, -0.2) is 24.0 Å². The normalized spacial score (nSPS) is 11.5. The van der Waals surface area contributed by atoms with Crippen LogP contribution >= 0.6 is 0 Å². The molecule has 0 fully saturated rings. The van der Waals surface area contributed by atoms with E-state index in [9.17, 15) is 9.59 Å². The fourth-order valence-corrected chi connectivity index (χ4v) is 2.13. The van der Waals surface area contributed by atoms with Crippen molar-refractivity contribution in [2.45, 2.75) is 32.3 Å². The summed E-state index contributed by atoms with van der Waals surface area (Å²) in [5.41, 5.74) is -1.23. The number of nitrogens with one attached hydrogen (secondary N) is 1. The molecule has 2 aromatic heterocycles. The molecule has 0 atom stereocenters. The zero-order valence-corrected chi connectivity index (χ0v) is 12.8. The third-order valence-corrected chi connectivity index (χ3v) is 3.19. The summed E-state index contributed by atoms with van der Waals surface area (Å²) in [5.74, 6) is 0.225. The fourth-order valence-electron chi connectivity index (χ4n) is 2.13. The summed E-state index contributed by atoms with van der Waals surface area (Å²) in [6.07, 6.45) is 3.13. The predicted octanol–water partition coefficient (Wildman–Crippen LogP) is 2.46. The van der Waals surface area contributed by atoms with Crippen LogP contribution in [0.3, 0.4) is 0 Å². The SMILES string of the molecule is CC(=O)OC(C)(C)C(=O)NCC(c1ccco1)c1ccco1. The van der Waals surface area contributed by atoms with Crippen molar-refractivity contribution in [2.75, 3.05) is 6.54 Å². The number of ether oxygens (including phenoxy) is 1. The number of esters is 1. The molecule has 0 aliphatic heterocycles. The van der Waals surface area contributed by atoms with Crippen LogP contribution in [0.2, 0.25) is 0 Å². The number of carbonyl (C=O) groups is 2. The Morgan fingerprint density at radius 1 is 1.18 bits per heavy atom. The lowest BCUT2D eigenvalue weighted by molar-refractivity contribution is -0.162. The van der Waals surface area contributed by atoms with Crippen molar-refractivity contribution in [3.05, 3.63) is 48.3 Å². The molecule has 0 aliphatic rings. The molecule has 0 radical (unpaired) electrons. The lowest BCUT2D eigenvalue weighted by Gasteiger charge is -2.24. The van der Waals surface area contributed by atoms with Gasteiger partial charge in [-0.15, -0.1) is 0 Å². The molecule has 1 N–H and O–H groups in total. The van der Waals surface area contributed by atoms with Gasteiger partial charge >= 0.3 is 5.97 Å². The second kappa shape index (κ2) is 6.51. The van der Waals surface area contributed by atoms with Gasteiger partial charge in [0.05, 0.1) is 18.4 Å². The van der Waals surface area contributed by atoms with Gasteiger partial charge in [0.25, 0.3) is 5.91 Å². The summed E-state index contributed by atoms with van der Waals surface area (Å²) in [4.78, 5) is 23.2. The smallest absolute Gasteiger partial charge is 0.303 e.